The number of halogens is 1. The minimum Gasteiger partial charge on any atom is -0.379 e. The maximum atomic E-state index is 12.7. The van der Waals surface area contributed by atoms with Gasteiger partial charge in [-0.3, -0.25) is 4.90 Å². The zero-order valence-electron chi connectivity index (χ0n) is 13.9. The molecule has 24 heavy (non-hydrogen) atoms. The van der Waals surface area contributed by atoms with Gasteiger partial charge in [0, 0.05) is 50.3 Å². The highest BCUT2D eigenvalue weighted by molar-refractivity contribution is 7.86. The van der Waals surface area contributed by atoms with Gasteiger partial charge in [0.25, 0.3) is 10.2 Å². The van der Waals surface area contributed by atoms with Crippen molar-refractivity contribution in [2.75, 3.05) is 52.5 Å². The summed E-state index contributed by atoms with van der Waals surface area (Å²) >= 11 is 6.29. The fraction of sp³-hybridized carbons (Fsp3) is 0.625. The van der Waals surface area contributed by atoms with Gasteiger partial charge in [-0.1, -0.05) is 29.8 Å². The van der Waals surface area contributed by atoms with Gasteiger partial charge in [-0.15, -0.1) is 0 Å². The van der Waals surface area contributed by atoms with Crippen molar-refractivity contribution in [2.45, 2.75) is 13.0 Å². The number of ether oxygens (including phenoxy) is 1. The van der Waals surface area contributed by atoms with E-state index in [1.165, 1.54) is 4.31 Å². The first kappa shape index (κ1) is 18.1. The molecule has 0 aliphatic carbocycles. The Labute approximate surface area is 149 Å². The Morgan fingerprint density at radius 3 is 2.21 bits per heavy atom. The Bertz CT molecular complexity index is 656. The number of hydrogen-bond donors (Lipinski definition) is 0. The van der Waals surface area contributed by atoms with Crippen LogP contribution in [0.2, 0.25) is 5.02 Å². The number of nitrogens with zero attached hydrogens (tertiary/aromatic N) is 3. The predicted octanol–water partition coefficient (Wildman–Crippen LogP) is 1.60. The Hall–Kier alpha value is -0.700. The molecular formula is C16H24ClN3O3S. The van der Waals surface area contributed by atoms with E-state index >= 15 is 0 Å². The third kappa shape index (κ3) is 3.76. The van der Waals surface area contributed by atoms with Crippen LogP contribution in [0.4, 0.5) is 0 Å². The van der Waals surface area contributed by atoms with Gasteiger partial charge in [0.2, 0.25) is 0 Å². The molecule has 1 unspecified atom stereocenters. The van der Waals surface area contributed by atoms with Gasteiger partial charge in [0.1, 0.15) is 0 Å². The summed E-state index contributed by atoms with van der Waals surface area (Å²) in [4.78, 5) is 2.28. The molecule has 0 saturated carbocycles. The smallest absolute Gasteiger partial charge is 0.282 e. The molecule has 0 radical (unpaired) electrons. The Morgan fingerprint density at radius 2 is 1.58 bits per heavy atom. The molecule has 0 N–H and O–H groups in total. The first-order valence-electron chi connectivity index (χ1n) is 8.31. The lowest BCUT2D eigenvalue weighted by Gasteiger charge is -2.40. The van der Waals surface area contributed by atoms with E-state index in [1.54, 1.807) is 4.31 Å². The number of morpholine rings is 1. The molecule has 0 amide bonds. The summed E-state index contributed by atoms with van der Waals surface area (Å²) in [5, 5.41) is 0.758. The van der Waals surface area contributed by atoms with Gasteiger partial charge in [-0.2, -0.15) is 17.0 Å². The average molecular weight is 374 g/mol. The molecule has 2 aliphatic heterocycles. The molecule has 0 aromatic heterocycles. The Kier molecular flexibility index (Phi) is 5.79. The zero-order chi connectivity index (χ0) is 17.2. The van der Waals surface area contributed by atoms with Gasteiger partial charge in [0.15, 0.2) is 0 Å². The molecule has 1 aromatic carbocycles. The zero-order valence-corrected chi connectivity index (χ0v) is 15.5. The van der Waals surface area contributed by atoms with Crippen molar-refractivity contribution in [3.63, 3.8) is 0 Å². The van der Waals surface area contributed by atoms with Crippen LogP contribution in [-0.2, 0) is 14.9 Å². The number of rotatable bonds is 4. The maximum Gasteiger partial charge on any atom is 0.282 e. The van der Waals surface area contributed by atoms with E-state index in [9.17, 15) is 8.42 Å². The normalized spacial score (nSPS) is 23.2. The molecule has 2 saturated heterocycles. The van der Waals surface area contributed by atoms with Gasteiger partial charge >= 0.3 is 0 Å². The fourth-order valence-electron chi connectivity index (χ4n) is 3.27. The topological polar surface area (TPSA) is 53.1 Å². The highest BCUT2D eigenvalue weighted by Crippen LogP contribution is 2.28. The molecule has 3 rings (SSSR count). The molecule has 2 aliphatic rings. The molecule has 134 valence electrons. The van der Waals surface area contributed by atoms with Crippen LogP contribution >= 0.6 is 11.6 Å². The number of hydrogen-bond acceptors (Lipinski definition) is 4. The third-order valence-electron chi connectivity index (χ3n) is 4.80. The van der Waals surface area contributed by atoms with E-state index in [2.05, 4.69) is 11.8 Å². The summed E-state index contributed by atoms with van der Waals surface area (Å²) in [6.07, 6.45) is 0. The van der Waals surface area contributed by atoms with Crippen LogP contribution in [0, 0.1) is 0 Å². The van der Waals surface area contributed by atoms with Crippen molar-refractivity contribution in [1.29, 1.82) is 0 Å². The number of benzene rings is 1. The summed E-state index contributed by atoms with van der Waals surface area (Å²) in [6.45, 7) is 6.38. The lowest BCUT2D eigenvalue weighted by Crippen LogP contribution is -2.55. The maximum absolute atomic E-state index is 12.7. The second-order valence-electron chi connectivity index (χ2n) is 6.15. The highest BCUT2D eigenvalue weighted by Gasteiger charge is 2.34. The minimum atomic E-state index is -3.37. The van der Waals surface area contributed by atoms with Gasteiger partial charge in [-0.05, 0) is 18.6 Å². The lowest BCUT2D eigenvalue weighted by molar-refractivity contribution is 0.0675. The Morgan fingerprint density at radius 1 is 1.00 bits per heavy atom. The van der Waals surface area contributed by atoms with E-state index in [0.29, 0.717) is 52.5 Å². The monoisotopic (exact) mass is 373 g/mol. The quantitative estimate of drug-likeness (QED) is 0.804. The SMILES string of the molecule is CC(c1ccccc1Cl)N1CCN(S(=O)(=O)N2CCOCC2)CC1. The molecule has 0 spiro atoms. The van der Waals surface area contributed by atoms with Crippen LogP contribution in [0.5, 0.6) is 0 Å². The minimum absolute atomic E-state index is 0.173. The second-order valence-corrected chi connectivity index (χ2v) is 8.49. The van der Waals surface area contributed by atoms with Crippen LogP contribution in [-0.4, -0.2) is 74.4 Å². The molecule has 2 fully saturated rings. The largest absolute Gasteiger partial charge is 0.379 e. The summed E-state index contributed by atoms with van der Waals surface area (Å²) in [6, 6.07) is 8.01. The van der Waals surface area contributed by atoms with Crippen molar-refractivity contribution < 1.29 is 13.2 Å². The molecular weight excluding hydrogens is 350 g/mol. The first-order valence-corrected chi connectivity index (χ1v) is 10.1. The van der Waals surface area contributed by atoms with Gasteiger partial charge in [-0.25, -0.2) is 0 Å². The average Bonchev–Trinajstić information content (AvgIpc) is 2.62. The second kappa shape index (κ2) is 7.68. The standard InChI is InChI=1S/C16H24ClN3O3S/c1-14(15-4-2-3-5-16(15)17)18-6-8-19(9-7-18)24(21,22)20-10-12-23-13-11-20/h2-5,14H,6-13H2,1H3. The van der Waals surface area contributed by atoms with Crippen LogP contribution in [0.3, 0.4) is 0 Å². The van der Waals surface area contributed by atoms with Crippen molar-refractivity contribution >= 4 is 21.8 Å². The van der Waals surface area contributed by atoms with Crippen molar-refractivity contribution in [1.82, 2.24) is 13.5 Å². The van der Waals surface area contributed by atoms with Crippen LogP contribution in [0.1, 0.15) is 18.5 Å². The van der Waals surface area contributed by atoms with E-state index in [-0.39, 0.29) is 6.04 Å². The summed E-state index contributed by atoms with van der Waals surface area (Å²) in [5.74, 6) is 0. The van der Waals surface area contributed by atoms with Gasteiger partial charge in [0.05, 0.1) is 13.2 Å². The van der Waals surface area contributed by atoms with E-state index < -0.39 is 10.2 Å². The number of piperazine rings is 1. The predicted molar refractivity (Wildman–Crippen MR) is 94.3 cm³/mol. The summed E-state index contributed by atoms with van der Waals surface area (Å²) < 4.78 is 33.8. The van der Waals surface area contributed by atoms with Crippen molar-refractivity contribution in [2.24, 2.45) is 0 Å². The lowest BCUT2D eigenvalue weighted by atomic mass is 10.1. The van der Waals surface area contributed by atoms with E-state index in [4.69, 9.17) is 16.3 Å². The van der Waals surface area contributed by atoms with E-state index in [1.807, 2.05) is 24.3 Å². The first-order chi connectivity index (χ1) is 11.5. The molecule has 6 nitrogen and oxygen atoms in total. The molecule has 1 atom stereocenters. The highest BCUT2D eigenvalue weighted by atomic mass is 35.5. The molecule has 0 bridgehead atoms. The molecule has 8 heteroatoms. The van der Waals surface area contributed by atoms with Crippen LogP contribution in [0.15, 0.2) is 24.3 Å². The molecule has 2 heterocycles. The Balaban J connectivity index is 1.62. The van der Waals surface area contributed by atoms with Crippen LogP contribution < -0.4 is 0 Å². The van der Waals surface area contributed by atoms with Gasteiger partial charge < -0.3 is 4.74 Å². The summed E-state index contributed by atoms with van der Waals surface area (Å²) in [7, 11) is -3.37. The van der Waals surface area contributed by atoms with Crippen molar-refractivity contribution in [3.8, 4) is 0 Å². The summed E-state index contributed by atoms with van der Waals surface area (Å²) in [5.41, 5.74) is 1.09. The van der Waals surface area contributed by atoms with E-state index in [0.717, 1.165) is 10.6 Å². The third-order valence-corrected chi connectivity index (χ3v) is 7.18. The fourth-order valence-corrected chi connectivity index (χ4v) is 5.13. The van der Waals surface area contributed by atoms with Crippen LogP contribution in [0.25, 0.3) is 0 Å². The molecule has 1 aromatic rings. The van der Waals surface area contributed by atoms with Crippen molar-refractivity contribution in [3.05, 3.63) is 34.9 Å².